The monoisotopic (exact) mass is 445 g/mol. The molecule has 174 valence electrons. The van der Waals surface area contributed by atoms with Gasteiger partial charge in [0, 0.05) is 58.3 Å². The fourth-order valence-corrected chi connectivity index (χ4v) is 4.82. The Kier molecular flexibility index (Phi) is 8.31. The lowest BCUT2D eigenvalue weighted by Crippen LogP contribution is -2.48. The molecule has 2 aliphatic heterocycles. The van der Waals surface area contributed by atoms with Crippen LogP contribution in [0.2, 0.25) is 0 Å². The number of likely N-dealkylation sites (tertiary alicyclic amines) is 1. The molecule has 0 aromatic heterocycles. The molecule has 2 aromatic rings. The lowest BCUT2D eigenvalue weighted by molar-refractivity contribution is -0.133. The molecular weight excluding hydrogens is 410 g/mol. The maximum atomic E-state index is 12.8. The highest BCUT2D eigenvalue weighted by molar-refractivity contribution is 5.91. The number of piperazine rings is 1. The van der Waals surface area contributed by atoms with Crippen LogP contribution in [0, 0.1) is 5.92 Å². The van der Waals surface area contributed by atoms with Gasteiger partial charge in [-0.25, -0.2) is 0 Å². The Morgan fingerprint density at radius 1 is 0.848 bits per heavy atom. The van der Waals surface area contributed by atoms with Crippen LogP contribution in [0.4, 0.5) is 0 Å². The summed E-state index contributed by atoms with van der Waals surface area (Å²) in [5.41, 5.74) is 2.36. The molecule has 4 rings (SSSR count). The van der Waals surface area contributed by atoms with Gasteiger partial charge in [0.1, 0.15) is 0 Å². The van der Waals surface area contributed by atoms with Crippen molar-refractivity contribution in [3.05, 3.63) is 77.9 Å². The highest BCUT2D eigenvalue weighted by Crippen LogP contribution is 2.22. The van der Waals surface area contributed by atoms with Crippen LogP contribution in [0.15, 0.2) is 66.7 Å². The number of rotatable bonds is 7. The van der Waals surface area contributed by atoms with E-state index in [-0.39, 0.29) is 11.8 Å². The fourth-order valence-electron chi connectivity index (χ4n) is 4.82. The smallest absolute Gasteiger partial charge is 0.246 e. The Labute approximate surface area is 197 Å². The van der Waals surface area contributed by atoms with Gasteiger partial charge in [-0.2, -0.15) is 0 Å². The van der Waals surface area contributed by atoms with E-state index in [9.17, 15) is 9.59 Å². The van der Waals surface area contributed by atoms with Crippen molar-refractivity contribution >= 4 is 17.9 Å². The first-order valence-electron chi connectivity index (χ1n) is 12.2. The number of amides is 2. The molecule has 2 heterocycles. The first-order valence-corrected chi connectivity index (χ1v) is 12.2. The predicted octanol–water partition coefficient (Wildman–Crippen LogP) is 4.06. The molecule has 2 aromatic carbocycles. The summed E-state index contributed by atoms with van der Waals surface area (Å²) in [4.78, 5) is 31.8. The van der Waals surface area contributed by atoms with E-state index in [4.69, 9.17) is 0 Å². The van der Waals surface area contributed by atoms with E-state index in [1.807, 2.05) is 52.3 Å². The molecule has 0 bridgehead atoms. The van der Waals surface area contributed by atoms with Crippen molar-refractivity contribution in [3.8, 4) is 0 Å². The summed E-state index contributed by atoms with van der Waals surface area (Å²) in [5.74, 6) is 0.752. The zero-order valence-corrected chi connectivity index (χ0v) is 19.4. The average molecular weight is 446 g/mol. The lowest BCUT2D eigenvalue weighted by Gasteiger charge is -2.36. The van der Waals surface area contributed by atoms with E-state index < -0.39 is 0 Å². The number of piperidine rings is 1. The highest BCUT2D eigenvalue weighted by atomic mass is 16.2. The van der Waals surface area contributed by atoms with Gasteiger partial charge in [0.25, 0.3) is 0 Å². The molecule has 1 atom stereocenters. The van der Waals surface area contributed by atoms with Crippen LogP contribution in [0.25, 0.3) is 6.08 Å². The minimum Gasteiger partial charge on any atom is -0.340 e. The number of hydrogen-bond acceptors (Lipinski definition) is 3. The summed E-state index contributed by atoms with van der Waals surface area (Å²) in [6.07, 6.45) is 7.14. The number of carbonyl (C=O) groups is 2. The molecule has 2 aliphatic rings. The van der Waals surface area contributed by atoms with E-state index in [0.717, 1.165) is 70.6 Å². The Morgan fingerprint density at radius 3 is 2.27 bits per heavy atom. The van der Waals surface area contributed by atoms with Gasteiger partial charge in [0.05, 0.1) is 0 Å². The van der Waals surface area contributed by atoms with Gasteiger partial charge in [-0.15, -0.1) is 0 Å². The van der Waals surface area contributed by atoms with Crippen molar-refractivity contribution in [1.82, 2.24) is 14.7 Å². The van der Waals surface area contributed by atoms with Gasteiger partial charge >= 0.3 is 0 Å². The van der Waals surface area contributed by atoms with Crippen molar-refractivity contribution in [2.75, 3.05) is 39.3 Å². The Morgan fingerprint density at radius 2 is 1.55 bits per heavy atom. The molecule has 0 radical (unpaired) electrons. The molecule has 5 heteroatoms. The molecule has 33 heavy (non-hydrogen) atoms. The standard InChI is InChI=1S/C28H35N3O2/c32-27(30-20-18-29(19-21-30)22-25-10-5-2-6-11-25)16-14-26-12-7-17-31(23-26)28(33)15-13-24-8-3-1-4-9-24/h1-6,8-11,13,15,26H,7,12,14,16-23H2/b15-13+. The molecule has 2 saturated heterocycles. The zero-order valence-electron chi connectivity index (χ0n) is 19.4. The van der Waals surface area contributed by atoms with Crippen LogP contribution in [0.5, 0.6) is 0 Å². The minimum atomic E-state index is 0.0735. The largest absolute Gasteiger partial charge is 0.340 e. The molecule has 2 amide bonds. The van der Waals surface area contributed by atoms with Crippen LogP contribution in [0.3, 0.4) is 0 Å². The van der Waals surface area contributed by atoms with Crippen molar-refractivity contribution < 1.29 is 9.59 Å². The maximum absolute atomic E-state index is 12.8. The van der Waals surface area contributed by atoms with Gasteiger partial charge in [0.2, 0.25) is 11.8 Å². The molecule has 0 spiro atoms. The first-order chi connectivity index (χ1) is 16.2. The summed E-state index contributed by atoms with van der Waals surface area (Å²) >= 11 is 0. The van der Waals surface area contributed by atoms with Crippen molar-refractivity contribution in [1.29, 1.82) is 0 Å². The van der Waals surface area contributed by atoms with Crippen LogP contribution in [-0.4, -0.2) is 65.8 Å². The molecule has 1 unspecified atom stereocenters. The normalized spacial score (nSPS) is 19.7. The van der Waals surface area contributed by atoms with Gasteiger partial charge in [-0.3, -0.25) is 14.5 Å². The molecule has 2 fully saturated rings. The van der Waals surface area contributed by atoms with Gasteiger partial charge in [-0.1, -0.05) is 60.7 Å². The number of benzene rings is 2. The van der Waals surface area contributed by atoms with Crippen LogP contribution in [-0.2, 0) is 16.1 Å². The maximum Gasteiger partial charge on any atom is 0.246 e. The number of carbonyl (C=O) groups excluding carboxylic acids is 2. The predicted molar refractivity (Wildman–Crippen MR) is 132 cm³/mol. The third-order valence-corrected chi connectivity index (χ3v) is 6.79. The molecular formula is C28H35N3O2. The lowest BCUT2D eigenvalue weighted by atomic mass is 9.93. The summed E-state index contributed by atoms with van der Waals surface area (Å²) in [6.45, 7) is 6.01. The highest BCUT2D eigenvalue weighted by Gasteiger charge is 2.25. The molecule has 0 aliphatic carbocycles. The zero-order chi connectivity index (χ0) is 22.9. The number of hydrogen-bond donors (Lipinski definition) is 0. The third-order valence-electron chi connectivity index (χ3n) is 6.79. The van der Waals surface area contributed by atoms with Gasteiger partial charge in [0.15, 0.2) is 0 Å². The van der Waals surface area contributed by atoms with Crippen LogP contribution in [0.1, 0.15) is 36.8 Å². The van der Waals surface area contributed by atoms with Gasteiger partial charge < -0.3 is 9.80 Å². The van der Waals surface area contributed by atoms with E-state index in [1.54, 1.807) is 6.08 Å². The second-order valence-electron chi connectivity index (χ2n) is 9.22. The summed E-state index contributed by atoms with van der Waals surface area (Å²) in [6, 6.07) is 20.4. The van der Waals surface area contributed by atoms with Crippen molar-refractivity contribution in [2.45, 2.75) is 32.2 Å². The van der Waals surface area contributed by atoms with Crippen LogP contribution < -0.4 is 0 Å². The fraction of sp³-hybridized carbons (Fsp3) is 0.429. The second-order valence-corrected chi connectivity index (χ2v) is 9.22. The SMILES string of the molecule is O=C(/C=C/c1ccccc1)N1CCCC(CCC(=O)N2CCN(Cc3ccccc3)CC2)C1. The summed E-state index contributed by atoms with van der Waals surface area (Å²) < 4.78 is 0. The minimum absolute atomic E-state index is 0.0735. The van der Waals surface area contributed by atoms with Crippen molar-refractivity contribution in [2.24, 2.45) is 5.92 Å². The Balaban J connectivity index is 1.18. The van der Waals surface area contributed by atoms with E-state index in [2.05, 4.69) is 29.2 Å². The van der Waals surface area contributed by atoms with E-state index >= 15 is 0 Å². The van der Waals surface area contributed by atoms with Gasteiger partial charge in [-0.05, 0) is 42.4 Å². The Hall–Kier alpha value is -2.92. The number of nitrogens with zero attached hydrogens (tertiary/aromatic N) is 3. The van der Waals surface area contributed by atoms with Crippen molar-refractivity contribution in [3.63, 3.8) is 0 Å². The van der Waals surface area contributed by atoms with Crippen LogP contribution >= 0.6 is 0 Å². The molecule has 5 nitrogen and oxygen atoms in total. The summed E-state index contributed by atoms with van der Waals surface area (Å²) in [5, 5.41) is 0. The Bertz CT molecular complexity index is 921. The van der Waals surface area contributed by atoms with E-state index in [1.165, 1.54) is 5.56 Å². The second kappa shape index (κ2) is 11.8. The van der Waals surface area contributed by atoms with E-state index in [0.29, 0.717) is 12.3 Å². The average Bonchev–Trinajstić information content (AvgIpc) is 2.88. The summed E-state index contributed by atoms with van der Waals surface area (Å²) in [7, 11) is 0. The third kappa shape index (κ3) is 7.03. The first kappa shape index (κ1) is 23.2. The quantitative estimate of drug-likeness (QED) is 0.604. The topological polar surface area (TPSA) is 43.9 Å². The molecule has 0 saturated carbocycles. The molecule has 0 N–H and O–H groups in total.